The third kappa shape index (κ3) is 5.14. The molecule has 15 heavy (non-hydrogen) atoms. The van der Waals surface area contributed by atoms with Crippen LogP contribution >= 0.6 is 0 Å². The lowest BCUT2D eigenvalue weighted by Crippen LogP contribution is -2.35. The van der Waals surface area contributed by atoms with Crippen LogP contribution in [0.15, 0.2) is 0 Å². The van der Waals surface area contributed by atoms with E-state index in [0.717, 1.165) is 19.3 Å². The zero-order valence-corrected chi connectivity index (χ0v) is 9.62. The second kappa shape index (κ2) is 6.80. The Bertz CT molecular complexity index is 188. The van der Waals surface area contributed by atoms with Gasteiger partial charge in [-0.25, -0.2) is 0 Å². The molecule has 88 valence electrons. The molecule has 0 radical (unpaired) electrons. The molecule has 1 heterocycles. The molecule has 0 aromatic rings. The van der Waals surface area contributed by atoms with E-state index in [-0.39, 0.29) is 18.1 Å². The predicted octanol–water partition coefficient (Wildman–Crippen LogP) is 1.10. The summed E-state index contributed by atoms with van der Waals surface area (Å²) >= 11 is 0. The summed E-state index contributed by atoms with van der Waals surface area (Å²) < 4.78 is 10.6. The smallest absolute Gasteiger partial charge is 0.249 e. The Morgan fingerprint density at radius 1 is 1.60 bits per heavy atom. The second-order valence-corrected chi connectivity index (χ2v) is 4.07. The number of nitrogens with one attached hydrogen (secondary N) is 1. The maximum atomic E-state index is 11.5. The largest absolute Gasteiger partial charge is 0.379 e. The number of hydrogen-bond acceptors (Lipinski definition) is 3. The van der Waals surface area contributed by atoms with Gasteiger partial charge in [-0.15, -0.1) is 0 Å². The fraction of sp³-hybridized carbons (Fsp3) is 0.909. The molecule has 4 nitrogen and oxygen atoms in total. The van der Waals surface area contributed by atoms with Crippen molar-refractivity contribution < 1.29 is 14.3 Å². The number of carbonyl (C=O) groups excluding carboxylic acids is 1. The maximum Gasteiger partial charge on any atom is 0.249 e. The summed E-state index contributed by atoms with van der Waals surface area (Å²) in [5, 5.41) is 2.85. The van der Waals surface area contributed by atoms with Gasteiger partial charge in [0, 0.05) is 19.8 Å². The Kier molecular flexibility index (Phi) is 5.65. The molecule has 0 unspecified atom stereocenters. The average molecular weight is 215 g/mol. The summed E-state index contributed by atoms with van der Waals surface area (Å²) in [4.78, 5) is 11.5. The van der Waals surface area contributed by atoms with E-state index in [2.05, 4.69) is 5.32 Å². The van der Waals surface area contributed by atoms with Gasteiger partial charge in [0.2, 0.25) is 5.91 Å². The summed E-state index contributed by atoms with van der Waals surface area (Å²) in [6.07, 6.45) is 2.76. The normalized spacial score (nSPS) is 20.9. The van der Waals surface area contributed by atoms with E-state index >= 15 is 0 Å². The van der Waals surface area contributed by atoms with Crippen LogP contribution in [-0.2, 0) is 14.3 Å². The highest BCUT2D eigenvalue weighted by molar-refractivity contribution is 5.80. The molecule has 1 N–H and O–H groups in total. The number of hydrogen-bond donors (Lipinski definition) is 1. The molecule has 4 heteroatoms. The average Bonchev–Trinajstić information content (AvgIpc) is 2.69. The van der Waals surface area contributed by atoms with E-state index in [9.17, 15) is 4.79 Å². The van der Waals surface area contributed by atoms with Crippen LogP contribution in [-0.4, -0.2) is 37.9 Å². The first kappa shape index (κ1) is 12.5. The lowest BCUT2D eigenvalue weighted by atomic mass is 10.2. The zero-order valence-electron chi connectivity index (χ0n) is 9.62. The van der Waals surface area contributed by atoms with Crippen molar-refractivity contribution in [2.24, 2.45) is 0 Å². The highest BCUT2D eigenvalue weighted by Gasteiger charge is 2.22. The molecule has 1 saturated heterocycles. The first-order valence-electron chi connectivity index (χ1n) is 5.71. The third-order valence-electron chi connectivity index (χ3n) is 2.29. The van der Waals surface area contributed by atoms with E-state index in [1.54, 1.807) is 0 Å². The SMILES string of the molecule is CC(C)OCCCNC(=O)[C@@H]1CCCO1. The van der Waals surface area contributed by atoms with Gasteiger partial charge in [0.25, 0.3) is 0 Å². The Morgan fingerprint density at radius 3 is 3.00 bits per heavy atom. The third-order valence-corrected chi connectivity index (χ3v) is 2.29. The molecule has 0 saturated carbocycles. The van der Waals surface area contributed by atoms with Crippen molar-refractivity contribution in [3.63, 3.8) is 0 Å². The van der Waals surface area contributed by atoms with Crippen molar-refractivity contribution in [3.8, 4) is 0 Å². The second-order valence-electron chi connectivity index (χ2n) is 4.07. The van der Waals surface area contributed by atoms with Crippen LogP contribution in [0.4, 0.5) is 0 Å². The molecule has 0 spiro atoms. The van der Waals surface area contributed by atoms with Crippen LogP contribution < -0.4 is 5.32 Å². The number of rotatable bonds is 6. The van der Waals surface area contributed by atoms with Crippen LogP contribution in [0.25, 0.3) is 0 Å². The van der Waals surface area contributed by atoms with E-state index in [1.807, 2.05) is 13.8 Å². The van der Waals surface area contributed by atoms with Crippen molar-refractivity contribution in [1.82, 2.24) is 5.32 Å². The van der Waals surface area contributed by atoms with Crippen LogP contribution in [0.1, 0.15) is 33.1 Å². The molecule has 0 aromatic heterocycles. The minimum absolute atomic E-state index is 0.0250. The molecular formula is C11H21NO3. The topological polar surface area (TPSA) is 47.6 Å². The quantitative estimate of drug-likeness (QED) is 0.675. The van der Waals surface area contributed by atoms with Crippen molar-refractivity contribution in [3.05, 3.63) is 0 Å². The first-order valence-corrected chi connectivity index (χ1v) is 5.71. The highest BCUT2D eigenvalue weighted by Crippen LogP contribution is 2.11. The van der Waals surface area contributed by atoms with Gasteiger partial charge in [0.05, 0.1) is 6.10 Å². The van der Waals surface area contributed by atoms with Crippen LogP contribution in [0.2, 0.25) is 0 Å². The zero-order chi connectivity index (χ0) is 11.1. The van der Waals surface area contributed by atoms with Gasteiger partial charge in [-0.1, -0.05) is 0 Å². The number of carbonyl (C=O) groups is 1. The maximum absolute atomic E-state index is 11.5. The van der Waals surface area contributed by atoms with Crippen molar-refractivity contribution in [1.29, 1.82) is 0 Å². The fourth-order valence-corrected chi connectivity index (χ4v) is 1.50. The first-order chi connectivity index (χ1) is 7.20. The van der Waals surface area contributed by atoms with Crippen LogP contribution in [0.5, 0.6) is 0 Å². The van der Waals surface area contributed by atoms with Gasteiger partial charge >= 0.3 is 0 Å². The Hall–Kier alpha value is -0.610. The molecule has 1 aliphatic rings. The summed E-state index contributed by atoms with van der Waals surface area (Å²) in [6, 6.07) is 0. The van der Waals surface area contributed by atoms with E-state index < -0.39 is 0 Å². The van der Waals surface area contributed by atoms with Crippen molar-refractivity contribution in [2.75, 3.05) is 19.8 Å². The van der Waals surface area contributed by atoms with Crippen LogP contribution in [0, 0.1) is 0 Å². The van der Waals surface area contributed by atoms with Gasteiger partial charge in [0.15, 0.2) is 0 Å². The van der Waals surface area contributed by atoms with E-state index in [1.165, 1.54) is 0 Å². The van der Waals surface area contributed by atoms with Crippen LogP contribution in [0.3, 0.4) is 0 Å². The summed E-state index contributed by atoms with van der Waals surface area (Å²) in [6.45, 7) is 6.10. The lowest BCUT2D eigenvalue weighted by Gasteiger charge is -2.11. The van der Waals surface area contributed by atoms with Gasteiger partial charge in [0.1, 0.15) is 6.10 Å². The summed E-state index contributed by atoms with van der Waals surface area (Å²) in [5.74, 6) is 0.0250. The van der Waals surface area contributed by atoms with Gasteiger partial charge < -0.3 is 14.8 Å². The minimum atomic E-state index is -0.212. The predicted molar refractivity (Wildman–Crippen MR) is 57.7 cm³/mol. The molecule has 0 aliphatic carbocycles. The minimum Gasteiger partial charge on any atom is -0.379 e. The van der Waals surface area contributed by atoms with Crippen molar-refractivity contribution >= 4 is 5.91 Å². The molecule has 1 fully saturated rings. The van der Waals surface area contributed by atoms with Crippen molar-refractivity contribution in [2.45, 2.75) is 45.3 Å². The van der Waals surface area contributed by atoms with E-state index in [4.69, 9.17) is 9.47 Å². The molecule has 1 rings (SSSR count). The highest BCUT2D eigenvalue weighted by atomic mass is 16.5. The van der Waals surface area contributed by atoms with E-state index in [0.29, 0.717) is 19.8 Å². The molecule has 0 aromatic carbocycles. The summed E-state index contributed by atoms with van der Waals surface area (Å²) in [7, 11) is 0. The summed E-state index contributed by atoms with van der Waals surface area (Å²) in [5.41, 5.74) is 0. The lowest BCUT2D eigenvalue weighted by molar-refractivity contribution is -0.130. The molecule has 0 bridgehead atoms. The molecule has 1 amide bonds. The molecular weight excluding hydrogens is 194 g/mol. The fourth-order valence-electron chi connectivity index (χ4n) is 1.50. The Labute approximate surface area is 91.3 Å². The van der Waals surface area contributed by atoms with Gasteiger partial charge in [-0.3, -0.25) is 4.79 Å². The van der Waals surface area contributed by atoms with Gasteiger partial charge in [-0.05, 0) is 33.1 Å². The monoisotopic (exact) mass is 215 g/mol. The van der Waals surface area contributed by atoms with Gasteiger partial charge in [-0.2, -0.15) is 0 Å². The molecule has 1 atom stereocenters. The number of ether oxygens (including phenoxy) is 2. The molecule has 1 aliphatic heterocycles. The standard InChI is InChI=1S/C11H21NO3/c1-9(2)14-8-4-6-12-11(13)10-5-3-7-15-10/h9-10H,3-8H2,1-2H3,(H,12,13)/t10-/m0/s1. The Morgan fingerprint density at radius 2 is 2.40 bits per heavy atom. The number of amides is 1. The Balaban J connectivity index is 1.97.